The number of hydrogen-bond acceptors (Lipinski definition) is 4. The van der Waals surface area contributed by atoms with Crippen LogP contribution in [-0.4, -0.2) is 24.7 Å². The number of rotatable bonds is 8. The molecular formula is C23H22ClNO4. The van der Waals surface area contributed by atoms with Crippen LogP contribution in [0.2, 0.25) is 5.02 Å². The highest BCUT2D eigenvalue weighted by atomic mass is 35.5. The van der Waals surface area contributed by atoms with E-state index in [0.717, 1.165) is 11.1 Å². The first-order valence-corrected chi connectivity index (χ1v) is 9.53. The third-order valence-corrected chi connectivity index (χ3v) is 4.60. The molecule has 0 saturated heterocycles. The molecule has 0 aliphatic carbocycles. The van der Waals surface area contributed by atoms with Crippen molar-refractivity contribution >= 4 is 23.2 Å². The lowest BCUT2D eigenvalue weighted by atomic mass is 10.1. The van der Waals surface area contributed by atoms with Crippen molar-refractivity contribution in [2.45, 2.75) is 13.0 Å². The Morgan fingerprint density at radius 3 is 2.31 bits per heavy atom. The number of amides is 1. The highest BCUT2D eigenvalue weighted by molar-refractivity contribution is 6.30. The molecule has 3 rings (SSSR count). The van der Waals surface area contributed by atoms with Crippen LogP contribution in [0.1, 0.15) is 21.5 Å². The molecule has 0 fully saturated rings. The van der Waals surface area contributed by atoms with Gasteiger partial charge in [0.15, 0.2) is 11.5 Å². The molecule has 29 heavy (non-hydrogen) atoms. The molecule has 5 nitrogen and oxygen atoms in total. The first-order chi connectivity index (χ1) is 14.1. The molecule has 0 aliphatic heterocycles. The molecule has 150 valence electrons. The minimum atomic E-state index is -0.248. The van der Waals surface area contributed by atoms with Gasteiger partial charge in [-0.2, -0.15) is 0 Å². The molecule has 0 radical (unpaired) electrons. The van der Waals surface area contributed by atoms with Gasteiger partial charge in [0.2, 0.25) is 0 Å². The molecule has 1 amide bonds. The Hall–Kier alpha value is -3.02. The van der Waals surface area contributed by atoms with Gasteiger partial charge in [-0.05, 0) is 60.0 Å². The van der Waals surface area contributed by atoms with E-state index in [4.69, 9.17) is 26.2 Å². The van der Waals surface area contributed by atoms with Crippen molar-refractivity contribution in [3.63, 3.8) is 0 Å². The second-order valence-corrected chi connectivity index (χ2v) is 6.84. The van der Waals surface area contributed by atoms with Crippen molar-refractivity contribution < 1.29 is 19.4 Å². The third kappa shape index (κ3) is 5.73. The number of hydrogen-bond donors (Lipinski definition) is 2. The van der Waals surface area contributed by atoms with Gasteiger partial charge in [-0.1, -0.05) is 35.9 Å². The maximum absolute atomic E-state index is 12.6. The molecule has 0 unspecified atom stereocenters. The van der Waals surface area contributed by atoms with Crippen LogP contribution in [0.3, 0.4) is 0 Å². The Morgan fingerprint density at radius 2 is 1.66 bits per heavy atom. The molecule has 0 aromatic heterocycles. The molecule has 0 bridgehead atoms. The van der Waals surface area contributed by atoms with E-state index in [1.807, 2.05) is 36.4 Å². The zero-order valence-electron chi connectivity index (χ0n) is 16.0. The van der Waals surface area contributed by atoms with Crippen LogP contribution in [0.25, 0.3) is 0 Å². The number of carbonyl (C=O) groups is 1. The summed E-state index contributed by atoms with van der Waals surface area (Å²) in [4.78, 5) is 12.6. The largest absolute Gasteiger partial charge is 0.493 e. The molecule has 0 saturated carbocycles. The van der Waals surface area contributed by atoms with Crippen LogP contribution in [0, 0.1) is 0 Å². The highest BCUT2D eigenvalue weighted by Crippen LogP contribution is 2.29. The van der Waals surface area contributed by atoms with Gasteiger partial charge in [0, 0.05) is 22.9 Å². The van der Waals surface area contributed by atoms with E-state index in [0.29, 0.717) is 40.8 Å². The molecular weight excluding hydrogens is 390 g/mol. The summed E-state index contributed by atoms with van der Waals surface area (Å²) in [6.45, 7) is 0.456. The van der Waals surface area contributed by atoms with Gasteiger partial charge in [0.05, 0.1) is 7.11 Å². The third-order valence-electron chi connectivity index (χ3n) is 4.35. The predicted octanol–water partition coefficient (Wildman–Crippen LogP) is 4.71. The minimum absolute atomic E-state index is 0.0952. The molecule has 2 N–H and O–H groups in total. The Labute approximate surface area is 174 Å². The number of nitrogens with one attached hydrogen (secondary N) is 1. The van der Waals surface area contributed by atoms with Gasteiger partial charge >= 0.3 is 0 Å². The second kappa shape index (κ2) is 9.96. The van der Waals surface area contributed by atoms with Crippen LogP contribution < -0.4 is 14.8 Å². The van der Waals surface area contributed by atoms with Crippen molar-refractivity contribution in [2.24, 2.45) is 0 Å². The van der Waals surface area contributed by atoms with E-state index in [1.165, 1.54) is 7.11 Å². The van der Waals surface area contributed by atoms with Crippen molar-refractivity contribution in [3.05, 3.63) is 88.4 Å². The Kier molecular flexibility index (Phi) is 7.11. The Balaban J connectivity index is 1.66. The van der Waals surface area contributed by atoms with Crippen molar-refractivity contribution in [2.75, 3.05) is 19.0 Å². The van der Waals surface area contributed by atoms with Crippen molar-refractivity contribution in [1.82, 2.24) is 0 Å². The number of aliphatic hydroxyl groups excluding tert-OH is 1. The van der Waals surface area contributed by atoms with Crippen LogP contribution in [0.4, 0.5) is 5.69 Å². The summed E-state index contributed by atoms with van der Waals surface area (Å²) in [6, 6.07) is 19.8. The molecule has 3 aromatic rings. The Morgan fingerprint density at radius 1 is 0.966 bits per heavy atom. The van der Waals surface area contributed by atoms with E-state index < -0.39 is 0 Å². The van der Waals surface area contributed by atoms with E-state index in [9.17, 15) is 4.79 Å². The average Bonchev–Trinajstić information content (AvgIpc) is 2.74. The van der Waals surface area contributed by atoms with Crippen LogP contribution >= 0.6 is 11.6 Å². The van der Waals surface area contributed by atoms with Crippen LogP contribution in [-0.2, 0) is 13.0 Å². The summed E-state index contributed by atoms with van der Waals surface area (Å²) < 4.78 is 11.2. The summed E-state index contributed by atoms with van der Waals surface area (Å²) in [5.41, 5.74) is 3.12. The summed E-state index contributed by atoms with van der Waals surface area (Å²) >= 11 is 5.89. The second-order valence-electron chi connectivity index (χ2n) is 6.41. The predicted molar refractivity (Wildman–Crippen MR) is 114 cm³/mol. The van der Waals surface area contributed by atoms with E-state index in [-0.39, 0.29) is 12.5 Å². The topological polar surface area (TPSA) is 67.8 Å². The first-order valence-electron chi connectivity index (χ1n) is 9.15. The van der Waals surface area contributed by atoms with E-state index in [1.54, 1.807) is 30.3 Å². The fraction of sp³-hybridized carbons (Fsp3) is 0.174. The lowest BCUT2D eigenvalue weighted by Gasteiger charge is -2.13. The van der Waals surface area contributed by atoms with E-state index >= 15 is 0 Å². The monoisotopic (exact) mass is 411 g/mol. The zero-order valence-corrected chi connectivity index (χ0v) is 16.8. The fourth-order valence-corrected chi connectivity index (χ4v) is 2.88. The number of carbonyl (C=O) groups excluding carboxylic acids is 1. The number of anilines is 1. The zero-order chi connectivity index (χ0) is 20.6. The summed E-state index contributed by atoms with van der Waals surface area (Å²) in [6.07, 6.45) is 0.586. The number of benzene rings is 3. The SMILES string of the molecule is COc1cc(C(=O)Nc2ccc(CCO)cc2)ccc1OCc1ccc(Cl)cc1. The fourth-order valence-electron chi connectivity index (χ4n) is 2.76. The van der Waals surface area contributed by atoms with Gasteiger partial charge in [0.1, 0.15) is 6.61 Å². The van der Waals surface area contributed by atoms with Crippen molar-refractivity contribution in [1.29, 1.82) is 0 Å². The normalized spacial score (nSPS) is 10.4. The van der Waals surface area contributed by atoms with Gasteiger partial charge < -0.3 is 19.9 Å². The molecule has 0 spiro atoms. The molecule has 6 heteroatoms. The molecule has 0 heterocycles. The van der Waals surface area contributed by atoms with Crippen LogP contribution in [0.5, 0.6) is 11.5 Å². The number of halogens is 1. The summed E-state index contributed by atoms with van der Waals surface area (Å²) in [5.74, 6) is 0.778. The number of aliphatic hydroxyl groups is 1. The maximum Gasteiger partial charge on any atom is 0.255 e. The molecule has 0 atom stereocenters. The minimum Gasteiger partial charge on any atom is -0.493 e. The standard InChI is InChI=1S/C23H22ClNO4/c1-28-22-14-18(23(27)25-20-9-4-16(5-10-20)12-13-26)6-11-21(22)29-15-17-2-7-19(24)8-3-17/h2-11,14,26H,12-13,15H2,1H3,(H,25,27). The first kappa shape index (κ1) is 20.7. The number of ether oxygens (including phenoxy) is 2. The molecule has 0 aliphatic rings. The average molecular weight is 412 g/mol. The maximum atomic E-state index is 12.6. The summed E-state index contributed by atoms with van der Waals surface area (Å²) in [5, 5.41) is 12.5. The smallest absolute Gasteiger partial charge is 0.255 e. The Bertz CT molecular complexity index is 956. The lowest BCUT2D eigenvalue weighted by Crippen LogP contribution is -2.12. The number of methoxy groups -OCH3 is 1. The lowest BCUT2D eigenvalue weighted by molar-refractivity contribution is 0.102. The van der Waals surface area contributed by atoms with Gasteiger partial charge in [-0.3, -0.25) is 4.79 Å². The quantitative estimate of drug-likeness (QED) is 0.563. The van der Waals surface area contributed by atoms with E-state index in [2.05, 4.69) is 5.32 Å². The van der Waals surface area contributed by atoms with Crippen LogP contribution in [0.15, 0.2) is 66.7 Å². The van der Waals surface area contributed by atoms with Gasteiger partial charge in [-0.15, -0.1) is 0 Å². The summed E-state index contributed by atoms with van der Waals surface area (Å²) in [7, 11) is 1.53. The van der Waals surface area contributed by atoms with Gasteiger partial charge in [0.25, 0.3) is 5.91 Å². The molecule has 3 aromatic carbocycles. The van der Waals surface area contributed by atoms with Gasteiger partial charge in [-0.25, -0.2) is 0 Å². The van der Waals surface area contributed by atoms with Crippen molar-refractivity contribution in [3.8, 4) is 11.5 Å². The highest BCUT2D eigenvalue weighted by Gasteiger charge is 2.12.